The topological polar surface area (TPSA) is 63.7 Å². The van der Waals surface area contributed by atoms with Gasteiger partial charge in [-0.15, -0.1) is 0 Å². The van der Waals surface area contributed by atoms with Crippen molar-refractivity contribution in [1.82, 2.24) is 19.9 Å². The van der Waals surface area contributed by atoms with Gasteiger partial charge in [-0.05, 0) is 30.3 Å². The van der Waals surface area contributed by atoms with Crippen LogP contribution in [0.15, 0.2) is 72.9 Å². The molecule has 0 saturated heterocycles. The molecule has 3 aromatic heterocycles. The summed E-state index contributed by atoms with van der Waals surface area (Å²) in [5.41, 5.74) is 3.15. The number of fused-ring (bicyclic) bond motifs is 2. The number of H-pyrrole nitrogens is 1. The first-order chi connectivity index (χ1) is 13.3. The molecule has 0 bridgehead atoms. The van der Waals surface area contributed by atoms with E-state index in [4.69, 9.17) is 21.3 Å². The molecule has 0 aliphatic heterocycles. The Hall–Kier alpha value is -3.44. The number of aromatic nitrogens is 4. The Kier molecular flexibility index (Phi) is 3.73. The SMILES string of the molecule is Clc1nccc2[nH]c(-c3cccc4ccc(Oc5ccccc5)nc34)nc12. The van der Waals surface area contributed by atoms with Crippen LogP contribution in [-0.2, 0) is 0 Å². The smallest absolute Gasteiger partial charge is 0.219 e. The van der Waals surface area contributed by atoms with Crippen LogP contribution in [0.5, 0.6) is 11.6 Å². The lowest BCUT2D eigenvalue weighted by Gasteiger charge is -2.08. The maximum Gasteiger partial charge on any atom is 0.219 e. The minimum atomic E-state index is 0.372. The number of hydrogen-bond donors (Lipinski definition) is 1. The van der Waals surface area contributed by atoms with Gasteiger partial charge in [0.05, 0.1) is 11.0 Å². The van der Waals surface area contributed by atoms with E-state index in [0.29, 0.717) is 22.4 Å². The highest BCUT2D eigenvalue weighted by Crippen LogP contribution is 2.30. The van der Waals surface area contributed by atoms with E-state index in [1.165, 1.54) is 0 Å². The number of halogens is 1. The fraction of sp³-hybridized carbons (Fsp3) is 0. The molecule has 130 valence electrons. The van der Waals surface area contributed by atoms with Gasteiger partial charge in [0.15, 0.2) is 5.15 Å². The van der Waals surface area contributed by atoms with E-state index in [1.807, 2.05) is 66.7 Å². The fourth-order valence-electron chi connectivity index (χ4n) is 3.02. The summed E-state index contributed by atoms with van der Waals surface area (Å²) in [6.45, 7) is 0. The van der Waals surface area contributed by atoms with Gasteiger partial charge >= 0.3 is 0 Å². The van der Waals surface area contributed by atoms with Gasteiger partial charge in [0.2, 0.25) is 5.88 Å². The van der Waals surface area contributed by atoms with Gasteiger partial charge in [-0.3, -0.25) is 0 Å². The molecule has 5 rings (SSSR count). The molecule has 0 aliphatic carbocycles. The van der Waals surface area contributed by atoms with Crippen LogP contribution in [0.2, 0.25) is 5.15 Å². The quantitative estimate of drug-likeness (QED) is 0.417. The predicted molar refractivity (Wildman–Crippen MR) is 106 cm³/mol. The van der Waals surface area contributed by atoms with Crippen molar-refractivity contribution in [1.29, 1.82) is 0 Å². The van der Waals surface area contributed by atoms with Gasteiger partial charge in [-0.2, -0.15) is 0 Å². The molecular weight excluding hydrogens is 360 g/mol. The minimum Gasteiger partial charge on any atom is -0.439 e. The number of hydrogen-bond acceptors (Lipinski definition) is 4. The standard InChI is InChI=1S/C21H13ClN4O/c22-20-19-16(11-12-23-20)24-21(26-19)15-8-4-5-13-9-10-17(25-18(13)15)27-14-6-2-1-3-7-14/h1-12H,(H,24,26). The van der Waals surface area contributed by atoms with E-state index in [2.05, 4.69) is 15.0 Å². The Bertz CT molecular complexity index is 1270. The maximum absolute atomic E-state index is 6.16. The number of aromatic amines is 1. The average molecular weight is 373 g/mol. The van der Waals surface area contributed by atoms with E-state index in [-0.39, 0.29) is 0 Å². The molecule has 0 saturated carbocycles. The zero-order valence-corrected chi connectivity index (χ0v) is 14.8. The van der Waals surface area contributed by atoms with Crippen molar-refractivity contribution in [2.24, 2.45) is 0 Å². The van der Waals surface area contributed by atoms with Crippen LogP contribution < -0.4 is 4.74 Å². The normalized spacial score (nSPS) is 11.1. The third kappa shape index (κ3) is 2.88. The molecule has 0 spiro atoms. The molecular formula is C21H13ClN4O. The lowest BCUT2D eigenvalue weighted by Crippen LogP contribution is -1.91. The van der Waals surface area contributed by atoms with E-state index in [1.54, 1.807) is 6.20 Å². The Morgan fingerprint density at radius 2 is 1.70 bits per heavy atom. The number of imidazole rings is 1. The van der Waals surface area contributed by atoms with Crippen LogP contribution >= 0.6 is 11.6 Å². The van der Waals surface area contributed by atoms with Gasteiger partial charge in [-0.1, -0.05) is 41.9 Å². The van der Waals surface area contributed by atoms with Gasteiger partial charge in [-0.25, -0.2) is 15.0 Å². The van der Waals surface area contributed by atoms with Crippen molar-refractivity contribution in [2.75, 3.05) is 0 Å². The Morgan fingerprint density at radius 1 is 0.815 bits per heavy atom. The first-order valence-corrected chi connectivity index (χ1v) is 8.79. The van der Waals surface area contributed by atoms with Crippen molar-refractivity contribution >= 4 is 33.5 Å². The van der Waals surface area contributed by atoms with Crippen LogP contribution in [0.4, 0.5) is 0 Å². The van der Waals surface area contributed by atoms with E-state index < -0.39 is 0 Å². The van der Waals surface area contributed by atoms with E-state index in [9.17, 15) is 0 Å². The van der Waals surface area contributed by atoms with Crippen LogP contribution in [0.1, 0.15) is 0 Å². The van der Waals surface area contributed by atoms with Crippen molar-refractivity contribution in [3.05, 3.63) is 78.1 Å². The average Bonchev–Trinajstić information content (AvgIpc) is 3.14. The molecule has 0 unspecified atom stereocenters. The number of benzene rings is 2. The van der Waals surface area contributed by atoms with Crippen molar-refractivity contribution in [3.8, 4) is 23.0 Å². The van der Waals surface area contributed by atoms with E-state index in [0.717, 1.165) is 27.7 Å². The highest BCUT2D eigenvalue weighted by Gasteiger charge is 2.13. The highest BCUT2D eigenvalue weighted by molar-refractivity contribution is 6.33. The van der Waals surface area contributed by atoms with Crippen molar-refractivity contribution < 1.29 is 4.74 Å². The molecule has 1 N–H and O–H groups in total. The van der Waals surface area contributed by atoms with Crippen LogP contribution in [-0.4, -0.2) is 19.9 Å². The predicted octanol–water partition coefficient (Wildman–Crippen LogP) is 5.62. The monoisotopic (exact) mass is 372 g/mol. The molecule has 0 aliphatic rings. The van der Waals surface area contributed by atoms with Crippen LogP contribution in [0, 0.1) is 0 Å². The minimum absolute atomic E-state index is 0.372. The molecule has 5 aromatic rings. The van der Waals surface area contributed by atoms with Gasteiger partial charge < -0.3 is 9.72 Å². The molecule has 0 fully saturated rings. The second-order valence-corrected chi connectivity index (χ2v) is 6.38. The Labute approximate surface area is 159 Å². The van der Waals surface area contributed by atoms with Crippen LogP contribution in [0.25, 0.3) is 33.3 Å². The number of rotatable bonds is 3. The van der Waals surface area contributed by atoms with Crippen molar-refractivity contribution in [2.45, 2.75) is 0 Å². The number of nitrogens with zero attached hydrogens (tertiary/aromatic N) is 3. The first kappa shape index (κ1) is 15.8. The summed E-state index contributed by atoms with van der Waals surface area (Å²) < 4.78 is 5.88. The summed E-state index contributed by atoms with van der Waals surface area (Å²) in [7, 11) is 0. The number of nitrogens with one attached hydrogen (secondary N) is 1. The van der Waals surface area contributed by atoms with Crippen LogP contribution in [0.3, 0.4) is 0 Å². The lowest BCUT2D eigenvalue weighted by molar-refractivity contribution is 0.465. The highest BCUT2D eigenvalue weighted by atomic mass is 35.5. The summed E-state index contributed by atoms with van der Waals surface area (Å²) in [6.07, 6.45) is 1.65. The second kappa shape index (κ2) is 6.37. The van der Waals surface area contributed by atoms with Gasteiger partial charge in [0.1, 0.15) is 17.1 Å². The number of para-hydroxylation sites is 2. The molecule has 27 heavy (non-hydrogen) atoms. The molecule has 0 amide bonds. The lowest BCUT2D eigenvalue weighted by atomic mass is 10.1. The van der Waals surface area contributed by atoms with E-state index >= 15 is 0 Å². The Morgan fingerprint density at radius 3 is 2.56 bits per heavy atom. The van der Waals surface area contributed by atoms with Gasteiger partial charge in [0.25, 0.3) is 0 Å². The van der Waals surface area contributed by atoms with Crippen molar-refractivity contribution in [3.63, 3.8) is 0 Å². The molecule has 3 heterocycles. The summed E-state index contributed by atoms with van der Waals surface area (Å²) in [5.74, 6) is 1.95. The summed E-state index contributed by atoms with van der Waals surface area (Å²) in [6, 6.07) is 21.2. The molecule has 2 aromatic carbocycles. The summed E-state index contributed by atoms with van der Waals surface area (Å²) in [4.78, 5) is 16.7. The largest absolute Gasteiger partial charge is 0.439 e. The molecule has 6 heteroatoms. The first-order valence-electron chi connectivity index (χ1n) is 8.41. The zero-order valence-electron chi connectivity index (χ0n) is 14.1. The fourth-order valence-corrected chi connectivity index (χ4v) is 3.22. The zero-order chi connectivity index (χ0) is 18.2. The maximum atomic E-state index is 6.16. The summed E-state index contributed by atoms with van der Waals surface area (Å²) >= 11 is 6.16. The van der Waals surface area contributed by atoms with Gasteiger partial charge in [0, 0.05) is 23.2 Å². The second-order valence-electron chi connectivity index (χ2n) is 6.03. The molecule has 0 atom stereocenters. The Balaban J connectivity index is 1.65. The third-order valence-electron chi connectivity index (χ3n) is 4.27. The molecule has 0 radical (unpaired) electrons. The number of ether oxygens (including phenoxy) is 1. The molecule has 5 nitrogen and oxygen atoms in total. The third-order valence-corrected chi connectivity index (χ3v) is 4.55. The number of pyridine rings is 2. The summed E-state index contributed by atoms with van der Waals surface area (Å²) in [5, 5.41) is 1.37.